The summed E-state index contributed by atoms with van der Waals surface area (Å²) in [6.07, 6.45) is 1.49. The average molecular weight is 415 g/mol. The second kappa shape index (κ2) is 7.66. The molecule has 0 saturated carbocycles. The number of alkyl halides is 3. The molecular formula is C20H24F3NO3S. The molecular weight excluding hydrogens is 391 g/mol. The van der Waals surface area contributed by atoms with E-state index in [4.69, 9.17) is 5.73 Å². The predicted octanol–water partition coefficient (Wildman–Crippen LogP) is 5.22. The van der Waals surface area contributed by atoms with Crippen LogP contribution in [-0.4, -0.2) is 13.9 Å². The third-order valence-corrected chi connectivity index (χ3v) is 6.21. The Labute approximate surface area is 163 Å². The van der Waals surface area contributed by atoms with Gasteiger partial charge in [0.1, 0.15) is 5.75 Å². The summed E-state index contributed by atoms with van der Waals surface area (Å²) in [7, 11) is -5.71. The zero-order chi connectivity index (χ0) is 21.3. The molecule has 2 N–H and O–H groups in total. The Morgan fingerprint density at radius 1 is 0.929 bits per heavy atom. The van der Waals surface area contributed by atoms with Crippen LogP contribution in [0.3, 0.4) is 0 Å². The molecule has 154 valence electrons. The van der Waals surface area contributed by atoms with Crippen LogP contribution in [-0.2, 0) is 15.5 Å². The maximum absolute atomic E-state index is 12.6. The first-order chi connectivity index (χ1) is 12.9. The fourth-order valence-electron chi connectivity index (χ4n) is 3.41. The van der Waals surface area contributed by atoms with Crippen LogP contribution in [0.25, 0.3) is 0 Å². The Bertz CT molecular complexity index is 965. The van der Waals surface area contributed by atoms with E-state index in [1.54, 1.807) is 12.1 Å². The van der Waals surface area contributed by atoms with Crippen molar-refractivity contribution in [2.75, 3.05) is 5.73 Å². The van der Waals surface area contributed by atoms with Gasteiger partial charge in [-0.15, -0.1) is 0 Å². The molecule has 0 atom stereocenters. The van der Waals surface area contributed by atoms with Crippen molar-refractivity contribution in [3.63, 3.8) is 0 Å². The van der Waals surface area contributed by atoms with E-state index in [0.717, 1.165) is 29.5 Å². The summed E-state index contributed by atoms with van der Waals surface area (Å²) in [5.41, 5.74) is 3.91. The van der Waals surface area contributed by atoms with Gasteiger partial charge >= 0.3 is 15.6 Å². The maximum atomic E-state index is 12.6. The molecule has 2 aromatic carbocycles. The van der Waals surface area contributed by atoms with Crippen molar-refractivity contribution in [3.8, 4) is 5.75 Å². The van der Waals surface area contributed by atoms with Gasteiger partial charge in [-0.2, -0.15) is 21.6 Å². The molecule has 0 spiro atoms. The molecule has 2 rings (SSSR count). The van der Waals surface area contributed by atoms with Gasteiger partial charge in [-0.05, 0) is 61.1 Å². The van der Waals surface area contributed by atoms with Crippen molar-refractivity contribution < 1.29 is 25.8 Å². The minimum atomic E-state index is -5.71. The van der Waals surface area contributed by atoms with Gasteiger partial charge in [0.05, 0.1) is 0 Å². The normalized spacial score (nSPS) is 12.8. The quantitative estimate of drug-likeness (QED) is 0.399. The van der Waals surface area contributed by atoms with Crippen molar-refractivity contribution in [2.45, 2.75) is 51.5 Å². The van der Waals surface area contributed by atoms with Gasteiger partial charge < -0.3 is 9.92 Å². The zero-order valence-electron chi connectivity index (χ0n) is 16.2. The van der Waals surface area contributed by atoms with Gasteiger partial charge in [-0.1, -0.05) is 38.1 Å². The van der Waals surface area contributed by atoms with E-state index >= 15 is 0 Å². The Kier molecular flexibility index (Phi) is 6.04. The van der Waals surface area contributed by atoms with Crippen molar-refractivity contribution >= 4 is 15.8 Å². The molecule has 0 radical (unpaired) electrons. The van der Waals surface area contributed by atoms with Gasteiger partial charge in [0, 0.05) is 11.1 Å². The molecule has 0 aromatic heterocycles. The topological polar surface area (TPSA) is 69.4 Å². The fourth-order valence-corrected chi connectivity index (χ4v) is 3.93. The highest BCUT2D eigenvalue weighted by Crippen LogP contribution is 2.41. The first-order valence-corrected chi connectivity index (χ1v) is 10.3. The largest absolute Gasteiger partial charge is 0.534 e. The number of aryl methyl sites for hydroxylation is 2. The number of nitrogens with two attached hydrogens (primary N) is 1. The van der Waals surface area contributed by atoms with Gasteiger partial charge in [-0.3, -0.25) is 0 Å². The second-order valence-corrected chi connectivity index (χ2v) is 8.36. The summed E-state index contributed by atoms with van der Waals surface area (Å²) in [4.78, 5) is 0. The summed E-state index contributed by atoms with van der Waals surface area (Å²) < 4.78 is 64.7. The number of halogens is 3. The lowest BCUT2D eigenvalue weighted by atomic mass is 9.70. The smallest absolute Gasteiger partial charge is 0.399 e. The molecule has 0 aliphatic carbocycles. The highest BCUT2D eigenvalue weighted by Gasteiger charge is 2.48. The number of anilines is 1. The molecule has 0 unspecified atom stereocenters. The molecule has 8 heteroatoms. The van der Waals surface area contributed by atoms with Crippen LogP contribution in [0.15, 0.2) is 36.4 Å². The van der Waals surface area contributed by atoms with Crippen LogP contribution < -0.4 is 9.92 Å². The van der Waals surface area contributed by atoms with Crippen molar-refractivity contribution in [1.82, 2.24) is 0 Å². The first-order valence-electron chi connectivity index (χ1n) is 8.86. The van der Waals surface area contributed by atoms with Crippen molar-refractivity contribution in [1.29, 1.82) is 0 Å². The first kappa shape index (κ1) is 22.1. The summed E-state index contributed by atoms with van der Waals surface area (Å²) in [5, 5.41) is 0. The van der Waals surface area contributed by atoms with Crippen molar-refractivity contribution in [3.05, 3.63) is 58.7 Å². The summed E-state index contributed by atoms with van der Waals surface area (Å²) in [6, 6.07) is 10.4. The SMILES string of the molecule is CCC(CC)(c1ccc(N)c(C)c1)c1ccc(OS(=O)(=O)C(F)(F)F)c(C)c1. The van der Waals surface area contributed by atoms with E-state index in [9.17, 15) is 21.6 Å². The molecule has 0 heterocycles. The van der Waals surface area contributed by atoms with Crippen LogP contribution in [0.2, 0.25) is 0 Å². The van der Waals surface area contributed by atoms with E-state index in [0.29, 0.717) is 11.3 Å². The Morgan fingerprint density at radius 3 is 1.86 bits per heavy atom. The predicted molar refractivity (Wildman–Crippen MR) is 104 cm³/mol. The molecule has 0 aliphatic heterocycles. The second-order valence-electron chi connectivity index (χ2n) is 6.82. The molecule has 4 nitrogen and oxygen atoms in total. The number of hydrogen-bond acceptors (Lipinski definition) is 4. The third kappa shape index (κ3) is 3.97. The molecule has 0 saturated heterocycles. The molecule has 0 bridgehead atoms. The average Bonchev–Trinajstić information content (AvgIpc) is 2.60. The van der Waals surface area contributed by atoms with E-state index in [1.165, 1.54) is 13.0 Å². The van der Waals surface area contributed by atoms with Crippen LogP contribution in [0.1, 0.15) is 48.9 Å². The number of nitrogen functional groups attached to an aromatic ring is 1. The summed E-state index contributed by atoms with van der Waals surface area (Å²) in [5.74, 6) is -0.337. The number of hydrogen-bond donors (Lipinski definition) is 1. The summed E-state index contributed by atoms with van der Waals surface area (Å²) >= 11 is 0. The third-order valence-electron chi connectivity index (χ3n) is 5.24. The van der Waals surface area contributed by atoms with Crippen LogP contribution >= 0.6 is 0 Å². The van der Waals surface area contributed by atoms with Crippen LogP contribution in [0, 0.1) is 13.8 Å². The molecule has 0 fully saturated rings. The lowest BCUT2D eigenvalue weighted by Gasteiger charge is -2.34. The minimum absolute atomic E-state index is 0.309. The van der Waals surface area contributed by atoms with Gasteiger partial charge in [0.25, 0.3) is 0 Å². The Balaban J connectivity index is 2.53. The highest BCUT2D eigenvalue weighted by molar-refractivity contribution is 7.88. The number of benzene rings is 2. The fraction of sp³-hybridized carbons (Fsp3) is 0.400. The van der Waals surface area contributed by atoms with Gasteiger partial charge in [-0.25, -0.2) is 0 Å². The lowest BCUT2D eigenvalue weighted by Crippen LogP contribution is -2.29. The maximum Gasteiger partial charge on any atom is 0.534 e. The monoisotopic (exact) mass is 415 g/mol. The zero-order valence-corrected chi connectivity index (χ0v) is 17.0. The van der Waals surface area contributed by atoms with E-state index in [-0.39, 0.29) is 11.2 Å². The van der Waals surface area contributed by atoms with E-state index in [1.807, 2.05) is 39.0 Å². The Hall–Kier alpha value is -2.22. The van der Waals surface area contributed by atoms with Gasteiger partial charge in [0.15, 0.2) is 0 Å². The summed E-state index contributed by atoms with van der Waals surface area (Å²) in [6.45, 7) is 7.50. The molecule has 0 aliphatic rings. The number of rotatable bonds is 6. The minimum Gasteiger partial charge on any atom is -0.399 e. The van der Waals surface area contributed by atoms with E-state index in [2.05, 4.69) is 4.18 Å². The lowest BCUT2D eigenvalue weighted by molar-refractivity contribution is -0.0500. The van der Waals surface area contributed by atoms with Crippen molar-refractivity contribution in [2.24, 2.45) is 0 Å². The molecule has 28 heavy (non-hydrogen) atoms. The van der Waals surface area contributed by atoms with Crippen LogP contribution in [0.4, 0.5) is 18.9 Å². The highest BCUT2D eigenvalue weighted by atomic mass is 32.2. The van der Waals surface area contributed by atoms with E-state index < -0.39 is 15.6 Å². The van der Waals surface area contributed by atoms with Gasteiger partial charge in [0.2, 0.25) is 0 Å². The standard InChI is InChI=1S/C20H24F3NO3S/c1-5-19(6-2,15-7-9-17(24)13(3)11-15)16-8-10-18(14(4)12-16)27-28(25,26)20(21,22)23/h7-12H,5-6,24H2,1-4H3. The Morgan fingerprint density at radius 2 is 1.43 bits per heavy atom. The van der Waals surface area contributed by atoms with Crippen LogP contribution in [0.5, 0.6) is 5.75 Å². The molecule has 2 aromatic rings. The molecule has 0 amide bonds.